The van der Waals surface area contributed by atoms with E-state index in [0.29, 0.717) is 17.2 Å². The predicted molar refractivity (Wildman–Crippen MR) is 93.0 cm³/mol. The second-order valence-electron chi connectivity index (χ2n) is 5.33. The van der Waals surface area contributed by atoms with E-state index in [1.165, 1.54) is 0 Å². The topological polar surface area (TPSA) is 75.3 Å². The summed E-state index contributed by atoms with van der Waals surface area (Å²) >= 11 is 3.49. The Balaban J connectivity index is 2.21. The summed E-state index contributed by atoms with van der Waals surface area (Å²) in [5, 5.41) is 17.7. The molecule has 0 aromatic heterocycles. The van der Waals surface area contributed by atoms with E-state index in [4.69, 9.17) is 19.6 Å². The fourth-order valence-corrected chi connectivity index (χ4v) is 3.59. The van der Waals surface area contributed by atoms with E-state index in [0.717, 1.165) is 15.6 Å². The maximum absolute atomic E-state index is 9.58. The molecule has 1 N–H and O–H groups in total. The maximum atomic E-state index is 9.58. The van der Waals surface area contributed by atoms with E-state index in [9.17, 15) is 5.26 Å². The van der Waals surface area contributed by atoms with E-state index in [1.54, 1.807) is 20.3 Å². The summed E-state index contributed by atoms with van der Waals surface area (Å²) in [7, 11) is 3.13. The minimum Gasteiger partial charge on any atom is -0.493 e. The van der Waals surface area contributed by atoms with E-state index < -0.39 is 5.92 Å². The molecule has 5 nitrogen and oxygen atoms in total. The number of methoxy groups -OCH3 is 2. The number of nitrogens with zero attached hydrogens (tertiary/aromatic N) is 1. The molecule has 2 atom stereocenters. The molecule has 0 aliphatic carbocycles. The van der Waals surface area contributed by atoms with Crippen LogP contribution in [0.2, 0.25) is 0 Å². The van der Waals surface area contributed by atoms with Gasteiger partial charge in [-0.25, -0.2) is 0 Å². The van der Waals surface area contributed by atoms with Gasteiger partial charge in [0.2, 0.25) is 5.90 Å². The lowest BCUT2D eigenvalue weighted by molar-refractivity contribution is 0.352. The Morgan fingerprint density at radius 1 is 1.21 bits per heavy atom. The summed E-state index contributed by atoms with van der Waals surface area (Å²) < 4.78 is 17.0. The predicted octanol–water partition coefficient (Wildman–Crippen LogP) is 4.11. The van der Waals surface area contributed by atoms with Crippen molar-refractivity contribution >= 4 is 21.8 Å². The zero-order valence-corrected chi connectivity index (χ0v) is 14.8. The van der Waals surface area contributed by atoms with E-state index >= 15 is 0 Å². The number of nitrogens with one attached hydrogen (secondary N) is 1. The molecular weight excluding hydrogens is 372 g/mol. The second-order valence-corrected chi connectivity index (χ2v) is 6.18. The molecule has 3 rings (SSSR count). The number of benzene rings is 2. The molecule has 0 saturated heterocycles. The SMILES string of the molecule is COc1cc(C2c3ccccc3OC(=N)C2C#N)cc(Br)c1OC. The highest BCUT2D eigenvalue weighted by molar-refractivity contribution is 9.10. The smallest absolute Gasteiger partial charge is 0.205 e. The highest BCUT2D eigenvalue weighted by Crippen LogP contribution is 2.46. The molecule has 0 fully saturated rings. The van der Waals surface area contributed by atoms with Crippen molar-refractivity contribution in [3.05, 3.63) is 52.0 Å². The van der Waals surface area contributed by atoms with Crippen LogP contribution in [0, 0.1) is 22.7 Å². The van der Waals surface area contributed by atoms with Gasteiger partial charge in [-0.15, -0.1) is 0 Å². The van der Waals surface area contributed by atoms with Crippen LogP contribution in [-0.4, -0.2) is 20.1 Å². The van der Waals surface area contributed by atoms with Crippen molar-refractivity contribution in [1.29, 1.82) is 10.7 Å². The first-order chi connectivity index (χ1) is 11.6. The molecular formula is C18H15BrN2O3. The van der Waals surface area contributed by atoms with Crippen LogP contribution in [0.3, 0.4) is 0 Å². The Kier molecular flexibility index (Phi) is 4.45. The Morgan fingerprint density at radius 3 is 2.62 bits per heavy atom. The first-order valence-corrected chi connectivity index (χ1v) is 8.06. The summed E-state index contributed by atoms with van der Waals surface area (Å²) in [4.78, 5) is 0. The number of nitriles is 1. The Bertz CT molecular complexity index is 845. The first-order valence-electron chi connectivity index (χ1n) is 7.27. The van der Waals surface area contributed by atoms with Crippen LogP contribution >= 0.6 is 15.9 Å². The molecule has 6 heteroatoms. The molecule has 0 bridgehead atoms. The molecule has 24 heavy (non-hydrogen) atoms. The van der Waals surface area contributed by atoms with Crippen molar-refractivity contribution in [3.63, 3.8) is 0 Å². The highest BCUT2D eigenvalue weighted by Gasteiger charge is 2.37. The fraction of sp³-hybridized carbons (Fsp3) is 0.222. The standard InChI is InChI=1S/C18H15BrN2O3/c1-22-15-8-10(7-13(19)17(15)23-2)16-11-5-3-4-6-14(11)24-18(21)12(16)9-20/h3-8,12,16,21H,1-2H3. The zero-order valence-electron chi connectivity index (χ0n) is 13.2. The molecule has 0 radical (unpaired) electrons. The van der Waals surface area contributed by atoms with Crippen molar-refractivity contribution in [2.75, 3.05) is 14.2 Å². The molecule has 1 aliphatic rings. The lowest BCUT2D eigenvalue weighted by atomic mass is 9.79. The molecule has 1 aliphatic heterocycles. The number of hydrogen-bond acceptors (Lipinski definition) is 5. The van der Waals surface area contributed by atoms with Crippen molar-refractivity contribution in [3.8, 4) is 23.3 Å². The number of ether oxygens (including phenoxy) is 3. The molecule has 2 aromatic carbocycles. The first kappa shape index (κ1) is 16.3. The van der Waals surface area contributed by atoms with Gasteiger partial charge in [0.25, 0.3) is 0 Å². The lowest BCUT2D eigenvalue weighted by Gasteiger charge is -2.30. The van der Waals surface area contributed by atoms with Gasteiger partial charge in [0, 0.05) is 11.5 Å². The van der Waals surface area contributed by atoms with Gasteiger partial charge in [0.15, 0.2) is 11.5 Å². The average Bonchev–Trinajstić information content (AvgIpc) is 2.59. The summed E-state index contributed by atoms with van der Waals surface area (Å²) in [5.41, 5.74) is 1.73. The van der Waals surface area contributed by atoms with E-state index in [1.807, 2.05) is 30.3 Å². The van der Waals surface area contributed by atoms with Crippen LogP contribution in [-0.2, 0) is 0 Å². The summed E-state index contributed by atoms with van der Waals surface area (Å²) in [6, 6.07) is 13.4. The van der Waals surface area contributed by atoms with Gasteiger partial charge in [-0.3, -0.25) is 5.41 Å². The third kappa shape index (κ3) is 2.61. The van der Waals surface area contributed by atoms with Crippen LogP contribution in [0.4, 0.5) is 0 Å². The fourth-order valence-electron chi connectivity index (χ4n) is 2.97. The van der Waals surface area contributed by atoms with Crippen LogP contribution in [0.15, 0.2) is 40.9 Å². The molecule has 0 amide bonds. The van der Waals surface area contributed by atoms with Crippen molar-refractivity contribution in [1.82, 2.24) is 0 Å². The normalized spacial score (nSPS) is 19.0. The molecule has 0 saturated carbocycles. The Morgan fingerprint density at radius 2 is 1.96 bits per heavy atom. The van der Waals surface area contributed by atoms with Gasteiger partial charge in [-0.05, 0) is 39.7 Å². The van der Waals surface area contributed by atoms with Crippen molar-refractivity contribution in [2.24, 2.45) is 5.92 Å². The molecule has 1 heterocycles. The maximum Gasteiger partial charge on any atom is 0.205 e. The van der Waals surface area contributed by atoms with Gasteiger partial charge in [-0.2, -0.15) is 5.26 Å². The van der Waals surface area contributed by atoms with Crippen molar-refractivity contribution < 1.29 is 14.2 Å². The van der Waals surface area contributed by atoms with Gasteiger partial charge >= 0.3 is 0 Å². The van der Waals surface area contributed by atoms with Crippen molar-refractivity contribution in [2.45, 2.75) is 5.92 Å². The molecule has 0 spiro atoms. The van der Waals surface area contributed by atoms with Crippen LogP contribution < -0.4 is 14.2 Å². The quantitative estimate of drug-likeness (QED) is 0.860. The van der Waals surface area contributed by atoms with Gasteiger partial charge in [0.1, 0.15) is 11.7 Å². The summed E-state index contributed by atoms with van der Waals surface area (Å²) in [5.74, 6) is 0.685. The number of hydrogen-bond donors (Lipinski definition) is 1. The third-order valence-corrected chi connectivity index (χ3v) is 4.63. The summed E-state index contributed by atoms with van der Waals surface area (Å²) in [6.07, 6.45) is 0. The minimum absolute atomic E-state index is 0.0490. The number of rotatable bonds is 3. The van der Waals surface area contributed by atoms with Gasteiger partial charge < -0.3 is 14.2 Å². The summed E-state index contributed by atoms with van der Waals surface area (Å²) in [6.45, 7) is 0. The Hall–Kier alpha value is -2.52. The molecule has 122 valence electrons. The highest BCUT2D eigenvalue weighted by atomic mass is 79.9. The minimum atomic E-state index is -0.704. The number of fused-ring (bicyclic) bond motifs is 1. The van der Waals surface area contributed by atoms with Crippen LogP contribution in [0.25, 0.3) is 0 Å². The van der Waals surface area contributed by atoms with Gasteiger partial charge in [-0.1, -0.05) is 18.2 Å². The largest absolute Gasteiger partial charge is 0.493 e. The lowest BCUT2D eigenvalue weighted by Crippen LogP contribution is -2.30. The monoisotopic (exact) mass is 386 g/mol. The van der Waals surface area contributed by atoms with Gasteiger partial charge in [0.05, 0.1) is 24.8 Å². The average molecular weight is 387 g/mol. The van der Waals surface area contributed by atoms with Crippen LogP contribution in [0.5, 0.6) is 17.2 Å². The molecule has 2 unspecified atom stereocenters. The Labute approximate surface area is 148 Å². The second kappa shape index (κ2) is 6.54. The van der Waals surface area contributed by atoms with E-state index in [-0.39, 0.29) is 11.8 Å². The zero-order chi connectivity index (χ0) is 17.3. The third-order valence-electron chi connectivity index (χ3n) is 4.04. The number of para-hydroxylation sites is 1. The number of halogens is 1. The van der Waals surface area contributed by atoms with E-state index in [2.05, 4.69) is 22.0 Å². The molecule has 2 aromatic rings. The van der Waals surface area contributed by atoms with Crippen LogP contribution in [0.1, 0.15) is 17.0 Å².